The van der Waals surface area contributed by atoms with Gasteiger partial charge < -0.3 is 13.9 Å². The summed E-state index contributed by atoms with van der Waals surface area (Å²) in [4.78, 5) is 12.1. The van der Waals surface area contributed by atoms with Crippen molar-refractivity contribution in [2.75, 3.05) is 6.61 Å². The first kappa shape index (κ1) is 18.6. The summed E-state index contributed by atoms with van der Waals surface area (Å²) in [6.07, 6.45) is -2.30. The topological polar surface area (TPSA) is 77.4 Å². The molecule has 0 saturated heterocycles. The van der Waals surface area contributed by atoms with Gasteiger partial charge in [-0.15, -0.1) is 0 Å². The Morgan fingerprint density at radius 1 is 1.15 bits per heavy atom. The van der Waals surface area contributed by atoms with Crippen LogP contribution >= 0.6 is 0 Å². The van der Waals surface area contributed by atoms with Gasteiger partial charge in [-0.25, -0.2) is 4.79 Å². The molecule has 0 atom stereocenters. The molecule has 0 aliphatic heterocycles. The van der Waals surface area contributed by atoms with Crippen molar-refractivity contribution in [2.45, 2.75) is 19.2 Å². The molecule has 9 heteroatoms. The molecule has 0 bridgehead atoms. The molecule has 0 saturated carbocycles. The number of H-pyrrole nitrogens is 1. The maximum atomic E-state index is 12.8. The molecule has 0 fully saturated rings. The van der Waals surface area contributed by atoms with Crippen LogP contribution in [0.15, 0.2) is 53.3 Å². The maximum Gasteiger partial charge on any atom is 0.433 e. The average molecular weight is 380 g/mol. The second-order valence-corrected chi connectivity index (χ2v) is 5.53. The van der Waals surface area contributed by atoms with E-state index >= 15 is 0 Å². The molecule has 2 heterocycles. The van der Waals surface area contributed by atoms with E-state index in [1.165, 1.54) is 6.26 Å². The normalized spacial score (nSPS) is 11.4. The summed E-state index contributed by atoms with van der Waals surface area (Å²) in [5.74, 6) is -0.199. The van der Waals surface area contributed by atoms with Crippen LogP contribution in [0.3, 0.4) is 0 Å². The highest BCUT2D eigenvalue weighted by atomic mass is 19.4. The van der Waals surface area contributed by atoms with Crippen LogP contribution in [-0.4, -0.2) is 22.8 Å². The summed E-state index contributed by atoms with van der Waals surface area (Å²) in [5, 5.41) is 5.29. The number of hydrogen-bond donors (Lipinski definition) is 1. The van der Waals surface area contributed by atoms with Crippen molar-refractivity contribution in [3.8, 4) is 5.75 Å². The Kier molecular flexibility index (Phi) is 5.49. The third-order valence-electron chi connectivity index (χ3n) is 3.68. The summed E-state index contributed by atoms with van der Waals surface area (Å²) in [5.41, 5.74) is -0.556. The molecule has 27 heavy (non-hydrogen) atoms. The van der Waals surface area contributed by atoms with E-state index in [4.69, 9.17) is 13.9 Å². The van der Waals surface area contributed by atoms with Crippen molar-refractivity contribution in [3.63, 3.8) is 0 Å². The smallest absolute Gasteiger partial charge is 0.433 e. The van der Waals surface area contributed by atoms with Gasteiger partial charge >= 0.3 is 12.1 Å². The zero-order valence-electron chi connectivity index (χ0n) is 14.0. The molecule has 0 amide bonds. The van der Waals surface area contributed by atoms with Crippen LogP contribution in [0.1, 0.15) is 27.4 Å². The van der Waals surface area contributed by atoms with Gasteiger partial charge in [0, 0.05) is 17.5 Å². The number of aromatic nitrogens is 2. The number of carbonyl (C=O) groups is 1. The fraction of sp³-hybridized carbons (Fsp3) is 0.222. The number of ether oxygens (including phenoxy) is 2. The van der Waals surface area contributed by atoms with Crippen molar-refractivity contribution in [1.82, 2.24) is 10.2 Å². The average Bonchev–Trinajstić information content (AvgIpc) is 3.29. The molecule has 1 N–H and O–H groups in total. The van der Waals surface area contributed by atoms with Crippen molar-refractivity contribution in [3.05, 3.63) is 71.4 Å². The summed E-state index contributed by atoms with van der Waals surface area (Å²) in [7, 11) is 0. The first-order valence-electron chi connectivity index (χ1n) is 7.96. The van der Waals surface area contributed by atoms with E-state index < -0.39 is 17.8 Å². The van der Waals surface area contributed by atoms with Gasteiger partial charge in [0.1, 0.15) is 18.1 Å². The van der Waals surface area contributed by atoms with Gasteiger partial charge in [-0.1, -0.05) is 18.2 Å². The van der Waals surface area contributed by atoms with Gasteiger partial charge in [-0.2, -0.15) is 18.3 Å². The van der Waals surface area contributed by atoms with Crippen LogP contribution in [0.5, 0.6) is 5.75 Å². The lowest BCUT2D eigenvalue weighted by atomic mass is 10.2. The number of esters is 1. The van der Waals surface area contributed by atoms with E-state index in [1.807, 2.05) is 23.3 Å². The van der Waals surface area contributed by atoms with Gasteiger partial charge in [0.15, 0.2) is 0 Å². The number of benzene rings is 1. The molecule has 0 unspecified atom stereocenters. The number of carbonyl (C=O) groups excluding carboxylic acids is 1. The van der Waals surface area contributed by atoms with E-state index in [9.17, 15) is 18.0 Å². The van der Waals surface area contributed by atoms with Gasteiger partial charge in [0.2, 0.25) is 5.76 Å². The highest BCUT2D eigenvalue weighted by Crippen LogP contribution is 2.30. The highest BCUT2D eigenvalue weighted by molar-refractivity contribution is 5.87. The number of hydrogen-bond acceptors (Lipinski definition) is 5. The number of rotatable bonds is 7. The molecular formula is C18H15F3N2O4. The molecule has 0 radical (unpaired) electrons. The largest absolute Gasteiger partial charge is 0.489 e. The van der Waals surface area contributed by atoms with E-state index in [1.54, 1.807) is 18.2 Å². The third kappa shape index (κ3) is 4.69. The number of aromatic amines is 1. The maximum absolute atomic E-state index is 12.8. The van der Waals surface area contributed by atoms with Crippen molar-refractivity contribution in [1.29, 1.82) is 0 Å². The molecule has 6 nitrogen and oxygen atoms in total. The zero-order valence-corrected chi connectivity index (χ0v) is 14.0. The van der Waals surface area contributed by atoms with Crippen LogP contribution in [-0.2, 0) is 23.9 Å². The number of alkyl halides is 3. The number of nitrogens with one attached hydrogen (secondary N) is 1. The monoisotopic (exact) mass is 380 g/mol. The Morgan fingerprint density at radius 2 is 1.93 bits per heavy atom. The number of furan rings is 1. The number of para-hydroxylation sites is 1. The summed E-state index contributed by atoms with van der Waals surface area (Å²) >= 11 is 0. The molecule has 2 aromatic heterocycles. The molecule has 0 spiro atoms. The van der Waals surface area contributed by atoms with Gasteiger partial charge in [0.25, 0.3) is 0 Å². The summed E-state index contributed by atoms with van der Waals surface area (Å²) < 4.78 is 54.0. The molecule has 142 valence electrons. The summed E-state index contributed by atoms with van der Waals surface area (Å²) in [6.45, 7) is -0.161. The lowest BCUT2D eigenvalue weighted by Crippen LogP contribution is -2.13. The van der Waals surface area contributed by atoms with E-state index in [0.717, 1.165) is 6.20 Å². The lowest BCUT2D eigenvalue weighted by Gasteiger charge is -2.08. The quantitative estimate of drug-likeness (QED) is 0.627. The first-order chi connectivity index (χ1) is 12.9. The third-order valence-corrected chi connectivity index (χ3v) is 3.68. The fourth-order valence-electron chi connectivity index (χ4n) is 2.37. The Morgan fingerprint density at radius 3 is 2.67 bits per heavy atom. The van der Waals surface area contributed by atoms with Crippen molar-refractivity contribution >= 4 is 5.97 Å². The molecule has 0 aliphatic carbocycles. The van der Waals surface area contributed by atoms with Crippen LogP contribution < -0.4 is 4.74 Å². The minimum Gasteiger partial charge on any atom is -0.489 e. The van der Waals surface area contributed by atoms with Gasteiger partial charge in [0.05, 0.1) is 19.1 Å². The Labute approximate surface area is 151 Å². The Balaban J connectivity index is 1.55. The fourth-order valence-corrected chi connectivity index (χ4v) is 2.37. The minimum absolute atomic E-state index is 0.0471. The predicted octanol–water partition coefficient (Wildman–Crippen LogP) is 4.00. The molecule has 0 aliphatic rings. The lowest BCUT2D eigenvalue weighted by molar-refractivity contribution is -0.141. The standard InChI is InChI=1S/C18H15F3N2O4/c19-18(20,21)16-12(10-22-23-16)6-9-26-17(24)15-13(7-8-25-15)11-27-14-4-2-1-3-5-14/h1-5,7-8,10H,6,9,11H2,(H,22,23). The minimum atomic E-state index is -4.54. The number of nitrogens with zero attached hydrogens (tertiary/aromatic N) is 1. The van der Waals surface area contributed by atoms with Crippen LogP contribution in [0.2, 0.25) is 0 Å². The van der Waals surface area contributed by atoms with Crippen LogP contribution in [0, 0.1) is 0 Å². The van der Waals surface area contributed by atoms with E-state index in [-0.39, 0.29) is 31.0 Å². The second kappa shape index (κ2) is 7.98. The molecule has 3 aromatic rings. The van der Waals surface area contributed by atoms with Crippen molar-refractivity contribution < 1.29 is 31.9 Å². The molecule has 1 aromatic carbocycles. The Hall–Kier alpha value is -3.23. The van der Waals surface area contributed by atoms with Gasteiger partial charge in [-0.05, 0) is 18.2 Å². The van der Waals surface area contributed by atoms with Gasteiger partial charge in [-0.3, -0.25) is 5.10 Å². The molecular weight excluding hydrogens is 365 g/mol. The Bertz CT molecular complexity index is 887. The van der Waals surface area contributed by atoms with Crippen molar-refractivity contribution in [2.24, 2.45) is 0 Å². The zero-order chi connectivity index (χ0) is 19.3. The first-order valence-corrected chi connectivity index (χ1v) is 7.96. The van der Waals surface area contributed by atoms with Crippen LogP contribution in [0.4, 0.5) is 13.2 Å². The summed E-state index contributed by atoms with van der Waals surface area (Å²) in [6, 6.07) is 10.6. The second-order valence-electron chi connectivity index (χ2n) is 5.53. The van der Waals surface area contributed by atoms with E-state index in [0.29, 0.717) is 11.3 Å². The van der Waals surface area contributed by atoms with E-state index in [2.05, 4.69) is 5.10 Å². The molecule has 3 rings (SSSR count). The number of halogens is 3. The SMILES string of the molecule is O=C(OCCc1cn[nH]c1C(F)(F)F)c1occc1COc1ccccc1. The highest BCUT2D eigenvalue weighted by Gasteiger charge is 2.35. The predicted molar refractivity (Wildman–Crippen MR) is 87.1 cm³/mol. The van der Waals surface area contributed by atoms with Crippen LogP contribution in [0.25, 0.3) is 0 Å².